The summed E-state index contributed by atoms with van der Waals surface area (Å²) in [6, 6.07) is 4.15. The third-order valence-corrected chi connectivity index (χ3v) is 4.69. The molecule has 1 amide bonds. The number of thiophene rings is 1. The van der Waals surface area contributed by atoms with E-state index in [9.17, 15) is 4.79 Å². The number of rotatable bonds is 4. The SMILES string of the molecule is CC1CCNCC1NC(=O)CCc1ccc(Cl)s1.Cl. The van der Waals surface area contributed by atoms with Gasteiger partial charge in [0, 0.05) is 23.9 Å². The van der Waals surface area contributed by atoms with Crippen molar-refractivity contribution in [2.75, 3.05) is 13.1 Å². The highest BCUT2D eigenvalue weighted by Crippen LogP contribution is 2.22. The molecule has 0 aliphatic carbocycles. The topological polar surface area (TPSA) is 41.1 Å². The Morgan fingerprint density at radius 1 is 1.58 bits per heavy atom. The summed E-state index contributed by atoms with van der Waals surface area (Å²) in [6.07, 6.45) is 2.45. The molecule has 1 aromatic heterocycles. The quantitative estimate of drug-likeness (QED) is 0.895. The molecule has 2 rings (SSSR count). The predicted molar refractivity (Wildman–Crippen MR) is 83.5 cm³/mol. The van der Waals surface area contributed by atoms with Gasteiger partial charge in [0.25, 0.3) is 0 Å². The molecule has 1 aliphatic rings. The molecule has 0 radical (unpaired) electrons. The summed E-state index contributed by atoms with van der Waals surface area (Å²) >= 11 is 7.41. The maximum atomic E-state index is 11.9. The second-order valence-electron chi connectivity index (χ2n) is 4.85. The zero-order chi connectivity index (χ0) is 13.0. The van der Waals surface area contributed by atoms with Gasteiger partial charge in [0.15, 0.2) is 0 Å². The molecule has 2 heterocycles. The molecule has 2 N–H and O–H groups in total. The maximum Gasteiger partial charge on any atom is 0.220 e. The molecule has 0 spiro atoms. The van der Waals surface area contributed by atoms with E-state index in [1.165, 1.54) is 4.88 Å². The Bertz CT molecular complexity index is 411. The second kappa shape index (κ2) is 8.10. The monoisotopic (exact) mass is 322 g/mol. The van der Waals surface area contributed by atoms with Crippen LogP contribution in [0.4, 0.5) is 0 Å². The summed E-state index contributed by atoms with van der Waals surface area (Å²) in [6.45, 7) is 4.14. The van der Waals surface area contributed by atoms with E-state index in [1.807, 2.05) is 12.1 Å². The van der Waals surface area contributed by atoms with E-state index in [2.05, 4.69) is 17.6 Å². The van der Waals surface area contributed by atoms with Gasteiger partial charge in [-0.3, -0.25) is 4.79 Å². The van der Waals surface area contributed by atoms with Crippen LogP contribution >= 0.6 is 35.3 Å². The molecular formula is C13H20Cl2N2OS. The van der Waals surface area contributed by atoms with Gasteiger partial charge in [-0.2, -0.15) is 0 Å². The molecule has 6 heteroatoms. The summed E-state index contributed by atoms with van der Waals surface area (Å²) in [5.41, 5.74) is 0. The lowest BCUT2D eigenvalue weighted by molar-refractivity contribution is -0.122. The molecule has 1 aliphatic heterocycles. The molecule has 1 fully saturated rings. The van der Waals surface area contributed by atoms with Crippen LogP contribution in [0, 0.1) is 5.92 Å². The highest BCUT2D eigenvalue weighted by molar-refractivity contribution is 7.16. The van der Waals surface area contributed by atoms with Crippen LogP contribution in [0.3, 0.4) is 0 Å². The summed E-state index contributed by atoms with van der Waals surface area (Å²) < 4.78 is 0.788. The first-order chi connectivity index (χ1) is 8.65. The highest BCUT2D eigenvalue weighted by atomic mass is 35.5. The van der Waals surface area contributed by atoms with Crippen LogP contribution in [0.2, 0.25) is 4.34 Å². The number of carbonyl (C=O) groups excluding carboxylic acids is 1. The van der Waals surface area contributed by atoms with Crippen molar-refractivity contribution in [1.82, 2.24) is 10.6 Å². The molecule has 0 saturated carbocycles. The molecule has 1 saturated heterocycles. The fourth-order valence-corrected chi connectivity index (χ4v) is 3.27. The molecule has 2 unspecified atom stereocenters. The molecular weight excluding hydrogens is 303 g/mol. The Morgan fingerprint density at radius 2 is 2.37 bits per heavy atom. The van der Waals surface area contributed by atoms with E-state index in [4.69, 9.17) is 11.6 Å². The van der Waals surface area contributed by atoms with Gasteiger partial charge in [-0.05, 0) is 37.4 Å². The summed E-state index contributed by atoms with van der Waals surface area (Å²) in [5, 5.41) is 6.43. The summed E-state index contributed by atoms with van der Waals surface area (Å²) in [7, 11) is 0. The van der Waals surface area contributed by atoms with Crippen LogP contribution in [0.15, 0.2) is 12.1 Å². The molecule has 1 aromatic rings. The lowest BCUT2D eigenvalue weighted by Crippen LogP contribution is -2.50. The van der Waals surface area contributed by atoms with Crippen molar-refractivity contribution in [3.63, 3.8) is 0 Å². The van der Waals surface area contributed by atoms with Crippen molar-refractivity contribution in [2.24, 2.45) is 5.92 Å². The van der Waals surface area contributed by atoms with Gasteiger partial charge in [-0.25, -0.2) is 0 Å². The number of hydrogen-bond donors (Lipinski definition) is 2. The fraction of sp³-hybridized carbons (Fsp3) is 0.615. The van der Waals surface area contributed by atoms with Crippen LogP contribution < -0.4 is 10.6 Å². The number of aryl methyl sites for hydroxylation is 1. The zero-order valence-electron chi connectivity index (χ0n) is 10.9. The number of amides is 1. The average Bonchev–Trinajstić information content (AvgIpc) is 2.76. The van der Waals surface area contributed by atoms with Crippen LogP contribution in [0.25, 0.3) is 0 Å². The van der Waals surface area contributed by atoms with Gasteiger partial charge >= 0.3 is 0 Å². The standard InChI is InChI=1S/C13H19ClN2OS.ClH/c1-9-6-7-15-8-11(9)16-13(17)5-3-10-2-4-12(14)18-10;/h2,4,9,11,15H,3,5-8H2,1H3,(H,16,17);1H. The number of piperidine rings is 1. The first-order valence-electron chi connectivity index (χ1n) is 6.39. The van der Waals surface area contributed by atoms with Crippen LogP contribution in [-0.4, -0.2) is 25.0 Å². The Morgan fingerprint density at radius 3 is 3.00 bits per heavy atom. The number of nitrogens with one attached hydrogen (secondary N) is 2. The lowest BCUT2D eigenvalue weighted by Gasteiger charge is -2.30. The minimum Gasteiger partial charge on any atom is -0.352 e. The third kappa shape index (κ3) is 5.30. The Balaban J connectivity index is 0.00000180. The van der Waals surface area contributed by atoms with E-state index in [0.29, 0.717) is 12.3 Å². The zero-order valence-corrected chi connectivity index (χ0v) is 13.3. The molecule has 3 nitrogen and oxygen atoms in total. The van der Waals surface area contributed by atoms with Crippen molar-refractivity contribution in [2.45, 2.75) is 32.2 Å². The van der Waals surface area contributed by atoms with E-state index >= 15 is 0 Å². The van der Waals surface area contributed by atoms with Crippen molar-refractivity contribution >= 4 is 41.3 Å². The average molecular weight is 323 g/mol. The van der Waals surface area contributed by atoms with Crippen LogP contribution in [-0.2, 0) is 11.2 Å². The summed E-state index contributed by atoms with van der Waals surface area (Å²) in [4.78, 5) is 13.0. The molecule has 2 atom stereocenters. The van der Waals surface area contributed by atoms with Crippen molar-refractivity contribution in [1.29, 1.82) is 0 Å². The van der Waals surface area contributed by atoms with Crippen molar-refractivity contribution in [3.05, 3.63) is 21.3 Å². The minimum absolute atomic E-state index is 0. The smallest absolute Gasteiger partial charge is 0.220 e. The van der Waals surface area contributed by atoms with E-state index in [-0.39, 0.29) is 24.4 Å². The van der Waals surface area contributed by atoms with Gasteiger partial charge < -0.3 is 10.6 Å². The van der Waals surface area contributed by atoms with E-state index in [1.54, 1.807) is 11.3 Å². The van der Waals surface area contributed by atoms with Crippen molar-refractivity contribution < 1.29 is 4.79 Å². The van der Waals surface area contributed by atoms with Gasteiger partial charge in [0.05, 0.1) is 4.34 Å². The Labute approximate surface area is 129 Å². The highest BCUT2D eigenvalue weighted by Gasteiger charge is 2.22. The van der Waals surface area contributed by atoms with Crippen LogP contribution in [0.1, 0.15) is 24.6 Å². The second-order valence-corrected chi connectivity index (χ2v) is 6.65. The van der Waals surface area contributed by atoms with Crippen LogP contribution in [0.5, 0.6) is 0 Å². The predicted octanol–water partition coefficient (Wildman–Crippen LogP) is 2.87. The van der Waals surface area contributed by atoms with Gasteiger partial charge in [-0.1, -0.05) is 18.5 Å². The largest absolute Gasteiger partial charge is 0.352 e. The third-order valence-electron chi connectivity index (χ3n) is 3.40. The van der Waals surface area contributed by atoms with Gasteiger partial charge in [0.1, 0.15) is 0 Å². The van der Waals surface area contributed by atoms with Gasteiger partial charge in [-0.15, -0.1) is 23.7 Å². The maximum absolute atomic E-state index is 11.9. The first kappa shape index (κ1) is 16.8. The molecule has 0 bridgehead atoms. The Hall–Kier alpha value is -0.290. The van der Waals surface area contributed by atoms with Gasteiger partial charge in [0.2, 0.25) is 5.91 Å². The summed E-state index contributed by atoms with van der Waals surface area (Å²) in [5.74, 6) is 0.700. The fourth-order valence-electron chi connectivity index (χ4n) is 2.18. The molecule has 108 valence electrons. The molecule has 0 aromatic carbocycles. The Kier molecular flexibility index (Phi) is 7.15. The number of carbonyl (C=O) groups is 1. The van der Waals surface area contributed by atoms with E-state index < -0.39 is 0 Å². The normalized spacial score (nSPS) is 22.6. The number of hydrogen-bond acceptors (Lipinski definition) is 3. The number of halogens is 2. The first-order valence-corrected chi connectivity index (χ1v) is 7.59. The van der Waals surface area contributed by atoms with E-state index in [0.717, 1.165) is 30.3 Å². The van der Waals surface area contributed by atoms with Crippen molar-refractivity contribution in [3.8, 4) is 0 Å². The minimum atomic E-state index is 0. The molecule has 19 heavy (non-hydrogen) atoms. The lowest BCUT2D eigenvalue weighted by atomic mass is 9.94.